The van der Waals surface area contributed by atoms with E-state index in [2.05, 4.69) is 14.8 Å². The minimum absolute atomic E-state index is 0.221. The van der Waals surface area contributed by atoms with Gasteiger partial charge in [-0.1, -0.05) is 12.1 Å². The molecule has 0 saturated heterocycles. The zero-order valence-corrected chi connectivity index (χ0v) is 11.5. The van der Waals surface area contributed by atoms with Crippen LogP contribution >= 0.6 is 0 Å². The van der Waals surface area contributed by atoms with E-state index in [1.165, 1.54) is 10.8 Å². The Labute approximate surface area is 116 Å². The van der Waals surface area contributed by atoms with Gasteiger partial charge in [-0.2, -0.15) is 5.10 Å². The predicted molar refractivity (Wildman–Crippen MR) is 75.0 cm³/mol. The Hall–Kier alpha value is -2.41. The SMILES string of the molecule is Cc1cccc(S(=O)(=O)Nc2cccn3ncnc23)c1. The predicted octanol–water partition coefficient (Wildman–Crippen LogP) is 1.84. The molecule has 6 nitrogen and oxygen atoms in total. The number of aromatic nitrogens is 3. The Kier molecular flexibility index (Phi) is 2.90. The summed E-state index contributed by atoms with van der Waals surface area (Å²) in [5, 5.41) is 3.97. The third-order valence-electron chi connectivity index (χ3n) is 2.85. The van der Waals surface area contributed by atoms with Crippen LogP contribution in [0, 0.1) is 6.92 Å². The van der Waals surface area contributed by atoms with E-state index in [4.69, 9.17) is 0 Å². The number of rotatable bonds is 3. The summed E-state index contributed by atoms with van der Waals surface area (Å²) in [5.74, 6) is 0. The largest absolute Gasteiger partial charge is 0.276 e. The molecule has 0 saturated carbocycles. The van der Waals surface area contributed by atoms with Gasteiger partial charge < -0.3 is 0 Å². The molecule has 2 heterocycles. The molecule has 2 aromatic heterocycles. The Morgan fingerprint density at radius 3 is 2.85 bits per heavy atom. The second kappa shape index (κ2) is 4.61. The van der Waals surface area contributed by atoms with Crippen molar-refractivity contribution in [3.8, 4) is 0 Å². The lowest BCUT2D eigenvalue weighted by Crippen LogP contribution is -2.14. The monoisotopic (exact) mass is 288 g/mol. The van der Waals surface area contributed by atoms with Crippen molar-refractivity contribution in [3.05, 3.63) is 54.5 Å². The lowest BCUT2D eigenvalue weighted by molar-refractivity contribution is 0.601. The van der Waals surface area contributed by atoms with Crippen LogP contribution in [0.5, 0.6) is 0 Å². The minimum atomic E-state index is -3.64. The van der Waals surface area contributed by atoms with Crippen LogP contribution in [0.25, 0.3) is 5.65 Å². The number of fused-ring (bicyclic) bond motifs is 1. The molecule has 0 amide bonds. The molecule has 3 rings (SSSR count). The fourth-order valence-corrected chi connectivity index (χ4v) is 3.08. The van der Waals surface area contributed by atoms with Crippen LogP contribution in [0.4, 0.5) is 5.69 Å². The number of hydrogen-bond acceptors (Lipinski definition) is 4. The molecule has 1 aromatic carbocycles. The van der Waals surface area contributed by atoms with Crippen molar-refractivity contribution in [2.75, 3.05) is 4.72 Å². The van der Waals surface area contributed by atoms with Crippen molar-refractivity contribution in [2.45, 2.75) is 11.8 Å². The molecule has 0 fully saturated rings. The molecule has 0 aliphatic rings. The van der Waals surface area contributed by atoms with Gasteiger partial charge in [-0.05, 0) is 36.8 Å². The highest BCUT2D eigenvalue weighted by atomic mass is 32.2. The van der Waals surface area contributed by atoms with Crippen LogP contribution in [-0.2, 0) is 10.0 Å². The van der Waals surface area contributed by atoms with Gasteiger partial charge in [0.1, 0.15) is 6.33 Å². The molecule has 7 heteroatoms. The topological polar surface area (TPSA) is 76.4 Å². The second-order valence-electron chi connectivity index (χ2n) is 4.37. The van der Waals surface area contributed by atoms with E-state index >= 15 is 0 Å². The lowest BCUT2D eigenvalue weighted by Gasteiger charge is -2.09. The van der Waals surface area contributed by atoms with Crippen LogP contribution in [-0.4, -0.2) is 23.0 Å². The summed E-state index contributed by atoms with van der Waals surface area (Å²) in [6.45, 7) is 1.85. The van der Waals surface area contributed by atoms with Gasteiger partial charge in [0.25, 0.3) is 10.0 Å². The zero-order chi connectivity index (χ0) is 14.2. The summed E-state index contributed by atoms with van der Waals surface area (Å²) in [6.07, 6.45) is 3.08. The molecule has 0 bridgehead atoms. The lowest BCUT2D eigenvalue weighted by atomic mass is 10.2. The molecular formula is C13H12N4O2S. The molecule has 0 unspecified atom stereocenters. The minimum Gasteiger partial charge on any atom is -0.276 e. The summed E-state index contributed by atoms with van der Waals surface area (Å²) in [4.78, 5) is 4.26. The van der Waals surface area contributed by atoms with E-state index in [0.29, 0.717) is 11.3 Å². The molecule has 1 N–H and O–H groups in total. The van der Waals surface area contributed by atoms with Crippen LogP contribution in [0.15, 0.2) is 53.8 Å². The summed E-state index contributed by atoms with van der Waals surface area (Å²) >= 11 is 0. The number of aryl methyl sites for hydroxylation is 1. The number of benzene rings is 1. The molecule has 20 heavy (non-hydrogen) atoms. The highest BCUT2D eigenvalue weighted by Crippen LogP contribution is 2.19. The van der Waals surface area contributed by atoms with Gasteiger partial charge in [-0.15, -0.1) is 0 Å². The van der Waals surface area contributed by atoms with Crippen molar-refractivity contribution in [3.63, 3.8) is 0 Å². The smallest absolute Gasteiger partial charge is 0.262 e. The van der Waals surface area contributed by atoms with Crippen molar-refractivity contribution in [2.24, 2.45) is 0 Å². The number of nitrogens with zero attached hydrogens (tertiary/aromatic N) is 3. The number of sulfonamides is 1. The molecule has 0 aliphatic carbocycles. The van der Waals surface area contributed by atoms with Gasteiger partial charge in [-0.25, -0.2) is 17.9 Å². The fraction of sp³-hybridized carbons (Fsp3) is 0.0769. The first kappa shape index (κ1) is 12.6. The van der Waals surface area contributed by atoms with E-state index in [1.54, 1.807) is 36.5 Å². The Balaban J connectivity index is 2.04. The van der Waals surface area contributed by atoms with Crippen molar-refractivity contribution < 1.29 is 8.42 Å². The maximum Gasteiger partial charge on any atom is 0.262 e. The molecule has 0 aliphatic heterocycles. The highest BCUT2D eigenvalue weighted by Gasteiger charge is 2.16. The summed E-state index contributed by atoms with van der Waals surface area (Å²) < 4.78 is 28.7. The van der Waals surface area contributed by atoms with Crippen LogP contribution < -0.4 is 4.72 Å². The van der Waals surface area contributed by atoms with Crippen LogP contribution in [0.1, 0.15) is 5.56 Å². The molecule has 0 spiro atoms. The number of anilines is 1. The van der Waals surface area contributed by atoms with Crippen LogP contribution in [0.3, 0.4) is 0 Å². The number of pyridine rings is 1. The third-order valence-corrected chi connectivity index (χ3v) is 4.21. The Morgan fingerprint density at radius 2 is 2.05 bits per heavy atom. The molecule has 0 radical (unpaired) electrons. The second-order valence-corrected chi connectivity index (χ2v) is 6.05. The van der Waals surface area contributed by atoms with Crippen molar-refractivity contribution in [1.82, 2.24) is 14.6 Å². The van der Waals surface area contributed by atoms with Gasteiger partial charge >= 0.3 is 0 Å². The summed E-state index contributed by atoms with van der Waals surface area (Å²) in [5.41, 5.74) is 1.74. The maximum absolute atomic E-state index is 12.4. The molecular weight excluding hydrogens is 276 g/mol. The highest BCUT2D eigenvalue weighted by molar-refractivity contribution is 7.92. The summed E-state index contributed by atoms with van der Waals surface area (Å²) in [7, 11) is -3.64. The van der Waals surface area contributed by atoms with Crippen LogP contribution in [0.2, 0.25) is 0 Å². The fourth-order valence-electron chi connectivity index (χ4n) is 1.91. The summed E-state index contributed by atoms with van der Waals surface area (Å²) in [6, 6.07) is 10.1. The quantitative estimate of drug-likeness (QED) is 0.798. The number of nitrogens with one attached hydrogen (secondary N) is 1. The Morgan fingerprint density at radius 1 is 1.20 bits per heavy atom. The average Bonchev–Trinajstić information content (AvgIpc) is 2.88. The zero-order valence-electron chi connectivity index (χ0n) is 10.7. The molecule has 3 aromatic rings. The van der Waals surface area contributed by atoms with Gasteiger partial charge in [-0.3, -0.25) is 4.72 Å². The standard InChI is InChI=1S/C13H12N4O2S/c1-10-4-2-5-11(8-10)20(18,19)16-12-6-3-7-17-13(12)14-9-15-17/h2-9,16H,1H3. The van der Waals surface area contributed by atoms with E-state index in [1.807, 2.05) is 13.0 Å². The first-order chi connectivity index (χ1) is 9.56. The van der Waals surface area contributed by atoms with E-state index < -0.39 is 10.0 Å². The average molecular weight is 288 g/mol. The third kappa shape index (κ3) is 2.23. The first-order valence-electron chi connectivity index (χ1n) is 5.94. The van der Waals surface area contributed by atoms with Gasteiger partial charge in [0.2, 0.25) is 0 Å². The van der Waals surface area contributed by atoms with Gasteiger partial charge in [0.05, 0.1) is 10.6 Å². The Bertz CT molecular complexity index is 871. The first-order valence-corrected chi connectivity index (χ1v) is 7.42. The van der Waals surface area contributed by atoms with Crippen molar-refractivity contribution in [1.29, 1.82) is 0 Å². The van der Waals surface area contributed by atoms with Gasteiger partial charge in [0, 0.05) is 6.20 Å². The van der Waals surface area contributed by atoms with Gasteiger partial charge in [0.15, 0.2) is 5.65 Å². The van der Waals surface area contributed by atoms with E-state index in [-0.39, 0.29) is 4.90 Å². The van der Waals surface area contributed by atoms with E-state index in [9.17, 15) is 8.42 Å². The van der Waals surface area contributed by atoms with Crippen molar-refractivity contribution >= 4 is 21.4 Å². The maximum atomic E-state index is 12.4. The normalized spacial score (nSPS) is 11.7. The molecule has 0 atom stereocenters. The van der Waals surface area contributed by atoms with E-state index in [0.717, 1.165) is 5.56 Å². The number of hydrogen-bond donors (Lipinski definition) is 1. The molecule has 102 valence electrons.